The maximum Gasteiger partial charge on any atom is 0.150 e. The van der Waals surface area contributed by atoms with Gasteiger partial charge in [-0.1, -0.05) is 12.1 Å². The van der Waals surface area contributed by atoms with Gasteiger partial charge in [0.25, 0.3) is 0 Å². The Morgan fingerprint density at radius 2 is 2.08 bits per heavy atom. The summed E-state index contributed by atoms with van der Waals surface area (Å²) in [4.78, 5) is 10.2. The van der Waals surface area contributed by atoms with Gasteiger partial charge in [0.15, 0.2) is 0 Å². The molecular weight excluding hydrogens is 195 g/mol. The van der Waals surface area contributed by atoms with Crippen LogP contribution in [0.3, 0.4) is 0 Å². The second kappa shape index (κ2) is 4.13. The van der Waals surface area contributed by atoms with E-state index in [9.17, 15) is 17.6 Å². The van der Waals surface area contributed by atoms with E-state index in [1.807, 2.05) is 0 Å². The number of hydrogen-bond donors (Lipinski definition) is 1. The summed E-state index contributed by atoms with van der Waals surface area (Å²) >= 11 is 0. The van der Waals surface area contributed by atoms with Crippen molar-refractivity contribution < 1.29 is 17.6 Å². The molecule has 0 unspecified atom stereocenters. The highest BCUT2D eigenvalue weighted by Crippen LogP contribution is 2.09. The van der Waals surface area contributed by atoms with E-state index >= 15 is 0 Å². The molecule has 3 nitrogen and oxygen atoms in total. The van der Waals surface area contributed by atoms with Gasteiger partial charge in [-0.25, -0.2) is 12.8 Å². The van der Waals surface area contributed by atoms with E-state index < -0.39 is 16.5 Å². The van der Waals surface area contributed by atoms with Crippen LogP contribution in [0.1, 0.15) is 15.9 Å². The summed E-state index contributed by atoms with van der Waals surface area (Å²) in [7, 11) is -2.64. The lowest BCUT2D eigenvalue weighted by atomic mass is 10.1. The predicted octanol–water partition coefficient (Wildman–Crippen LogP) is 0.750. The summed E-state index contributed by atoms with van der Waals surface area (Å²) in [5.41, 5.74) is 0.282. The number of aldehydes is 1. The zero-order valence-corrected chi connectivity index (χ0v) is 7.46. The third-order valence-corrected chi connectivity index (χ3v) is 2.11. The van der Waals surface area contributed by atoms with Crippen LogP contribution in [0.2, 0.25) is 0 Å². The van der Waals surface area contributed by atoms with Gasteiger partial charge in [0.1, 0.15) is 22.8 Å². The molecule has 0 amide bonds. The standard InChI is InChI=1S/C8H7FO3S/c9-8-3-6(4-10)1-2-7(8)5-13(11)12/h1-4,13H,5H2. The van der Waals surface area contributed by atoms with Crippen LogP contribution in [0.15, 0.2) is 18.2 Å². The Hall–Kier alpha value is -1.23. The highest BCUT2D eigenvalue weighted by molar-refractivity contribution is 7.71. The molecule has 70 valence electrons. The van der Waals surface area contributed by atoms with Crippen molar-refractivity contribution in [2.24, 2.45) is 0 Å². The topological polar surface area (TPSA) is 51.2 Å². The molecule has 0 aliphatic carbocycles. The van der Waals surface area contributed by atoms with Crippen molar-refractivity contribution in [3.63, 3.8) is 0 Å². The first kappa shape index (κ1) is 9.85. The number of rotatable bonds is 3. The van der Waals surface area contributed by atoms with Crippen LogP contribution in [0.4, 0.5) is 4.39 Å². The van der Waals surface area contributed by atoms with E-state index in [1.165, 1.54) is 12.1 Å². The first-order chi connectivity index (χ1) is 6.13. The molecule has 0 radical (unpaired) electrons. The Morgan fingerprint density at radius 3 is 2.54 bits per heavy atom. The molecule has 0 N–H and O–H groups in total. The molecule has 0 aromatic heterocycles. The number of carbonyl (C=O) groups excluding carboxylic acids is 1. The maximum absolute atomic E-state index is 13.0. The van der Waals surface area contributed by atoms with Crippen molar-refractivity contribution in [3.05, 3.63) is 35.1 Å². The first-order valence-corrected chi connectivity index (χ1v) is 4.85. The van der Waals surface area contributed by atoms with E-state index in [1.54, 1.807) is 0 Å². The van der Waals surface area contributed by atoms with Gasteiger partial charge in [-0.05, 0) is 6.07 Å². The molecule has 0 bridgehead atoms. The largest absolute Gasteiger partial charge is 0.298 e. The van der Waals surface area contributed by atoms with Crippen LogP contribution in [-0.4, -0.2) is 14.7 Å². The molecule has 5 heteroatoms. The second-order valence-electron chi connectivity index (χ2n) is 2.46. The van der Waals surface area contributed by atoms with Crippen LogP contribution in [0, 0.1) is 5.82 Å². The van der Waals surface area contributed by atoms with Crippen LogP contribution >= 0.6 is 0 Å². The molecule has 0 aliphatic rings. The van der Waals surface area contributed by atoms with Gasteiger partial charge in [-0.2, -0.15) is 0 Å². The highest BCUT2D eigenvalue weighted by atomic mass is 32.2. The highest BCUT2D eigenvalue weighted by Gasteiger charge is 2.03. The van der Waals surface area contributed by atoms with Gasteiger partial charge in [-0.15, -0.1) is 0 Å². The van der Waals surface area contributed by atoms with Gasteiger partial charge in [0.2, 0.25) is 0 Å². The van der Waals surface area contributed by atoms with Crippen molar-refractivity contribution in [2.45, 2.75) is 5.75 Å². The molecule has 0 spiro atoms. The van der Waals surface area contributed by atoms with Crippen molar-refractivity contribution in [2.75, 3.05) is 0 Å². The molecule has 1 aromatic carbocycles. The minimum absolute atomic E-state index is 0.0849. The molecule has 0 saturated carbocycles. The third kappa shape index (κ3) is 2.62. The van der Waals surface area contributed by atoms with Crippen molar-refractivity contribution in [1.29, 1.82) is 0 Å². The average Bonchev–Trinajstić information content (AvgIpc) is 2.08. The monoisotopic (exact) mass is 202 g/mol. The summed E-state index contributed by atoms with van der Waals surface area (Å²) in [5, 5.41) is 0. The van der Waals surface area contributed by atoms with Gasteiger partial charge in [0.05, 0.1) is 5.75 Å². The molecule has 13 heavy (non-hydrogen) atoms. The summed E-state index contributed by atoms with van der Waals surface area (Å²) < 4.78 is 33.5. The fourth-order valence-electron chi connectivity index (χ4n) is 0.904. The van der Waals surface area contributed by atoms with Gasteiger partial charge >= 0.3 is 0 Å². The number of halogens is 1. The molecular formula is C8H7FO3S. The fourth-order valence-corrected chi connectivity index (χ4v) is 1.44. The van der Waals surface area contributed by atoms with E-state index in [0.717, 1.165) is 6.07 Å². The number of carbonyl (C=O) groups is 1. The maximum atomic E-state index is 13.0. The van der Waals surface area contributed by atoms with Crippen molar-refractivity contribution >= 4 is 17.0 Å². The van der Waals surface area contributed by atoms with E-state index in [0.29, 0.717) is 6.29 Å². The normalized spacial score (nSPS) is 10.3. The van der Waals surface area contributed by atoms with E-state index in [4.69, 9.17) is 0 Å². The zero-order chi connectivity index (χ0) is 9.84. The Balaban J connectivity index is 3.04. The Morgan fingerprint density at radius 1 is 1.38 bits per heavy atom. The summed E-state index contributed by atoms with van der Waals surface area (Å²) in [6, 6.07) is 3.69. The lowest BCUT2D eigenvalue weighted by molar-refractivity contribution is 0.112. The molecule has 1 rings (SSSR count). The minimum atomic E-state index is -2.64. The van der Waals surface area contributed by atoms with Gasteiger partial charge in [-0.3, -0.25) is 4.79 Å². The Bertz CT molecular complexity index is 390. The first-order valence-electron chi connectivity index (χ1n) is 3.49. The van der Waals surface area contributed by atoms with Crippen LogP contribution in [-0.2, 0) is 16.5 Å². The summed E-state index contributed by atoms with van der Waals surface area (Å²) in [6.45, 7) is 0. The smallest absolute Gasteiger partial charge is 0.150 e. The number of benzene rings is 1. The van der Waals surface area contributed by atoms with Crippen molar-refractivity contribution in [1.82, 2.24) is 0 Å². The Kier molecular flexibility index (Phi) is 3.13. The Labute approximate surface area is 76.1 Å². The average molecular weight is 202 g/mol. The second-order valence-corrected chi connectivity index (χ2v) is 3.44. The van der Waals surface area contributed by atoms with E-state index in [-0.39, 0.29) is 16.9 Å². The zero-order valence-electron chi connectivity index (χ0n) is 6.57. The molecule has 0 atom stereocenters. The molecule has 0 aliphatic heterocycles. The number of thiol groups is 1. The summed E-state index contributed by atoms with van der Waals surface area (Å²) in [6.07, 6.45) is 0.504. The lowest BCUT2D eigenvalue weighted by Crippen LogP contribution is -1.93. The SMILES string of the molecule is O=Cc1ccc(C[SH](=O)=O)c(F)c1. The fraction of sp³-hybridized carbons (Fsp3) is 0.125. The minimum Gasteiger partial charge on any atom is -0.298 e. The predicted molar refractivity (Wildman–Crippen MR) is 45.8 cm³/mol. The molecule has 0 saturated heterocycles. The third-order valence-electron chi connectivity index (χ3n) is 1.51. The molecule has 0 fully saturated rings. The lowest BCUT2D eigenvalue weighted by Gasteiger charge is -1.97. The van der Waals surface area contributed by atoms with E-state index in [2.05, 4.69) is 0 Å². The summed E-state index contributed by atoms with van der Waals surface area (Å²) in [5.74, 6) is -0.996. The number of hydrogen-bond acceptors (Lipinski definition) is 3. The van der Waals surface area contributed by atoms with Crippen molar-refractivity contribution in [3.8, 4) is 0 Å². The van der Waals surface area contributed by atoms with Crippen LogP contribution in [0.25, 0.3) is 0 Å². The van der Waals surface area contributed by atoms with Gasteiger partial charge in [0, 0.05) is 11.1 Å². The van der Waals surface area contributed by atoms with Crippen LogP contribution in [0.5, 0.6) is 0 Å². The van der Waals surface area contributed by atoms with Crippen LogP contribution < -0.4 is 0 Å². The van der Waals surface area contributed by atoms with Gasteiger partial charge < -0.3 is 0 Å². The quantitative estimate of drug-likeness (QED) is 0.581. The molecule has 1 aromatic rings. The molecule has 0 heterocycles.